The Hall–Kier alpha value is -8.66. The van der Waals surface area contributed by atoms with Gasteiger partial charge in [0.25, 0.3) is 0 Å². The minimum Gasteiger partial charge on any atom is -0.461 e. The number of hydrogen-bond donors (Lipinski definition) is 0. The summed E-state index contributed by atoms with van der Waals surface area (Å²) in [5.74, 6) is 2.39. The first kappa shape index (κ1) is 41.3. The van der Waals surface area contributed by atoms with Crippen molar-refractivity contribution in [3.63, 3.8) is 0 Å². The Balaban J connectivity index is 1.09. The molecule has 0 radical (unpaired) electrons. The van der Waals surface area contributed by atoms with Gasteiger partial charge in [0.2, 0.25) is 0 Å². The number of ether oxygens (including phenoxy) is 1. The highest BCUT2D eigenvalue weighted by Crippen LogP contribution is 2.52. The van der Waals surface area contributed by atoms with E-state index in [1.54, 1.807) is 0 Å². The minimum absolute atomic E-state index is 0.136. The van der Waals surface area contributed by atoms with Gasteiger partial charge in [-0.15, -0.1) is 0 Å². The van der Waals surface area contributed by atoms with Crippen molar-refractivity contribution in [1.82, 2.24) is 9.13 Å². The third-order valence-electron chi connectivity index (χ3n) is 15.3. The lowest BCUT2D eigenvalue weighted by Crippen LogP contribution is -2.09. The Kier molecular flexibility index (Phi) is 9.94. The first-order chi connectivity index (χ1) is 35.2. The molecule has 0 saturated heterocycles. The maximum absolute atomic E-state index is 6.54. The van der Waals surface area contributed by atoms with Crippen LogP contribution in [-0.2, 0) is 0 Å². The number of nitrogens with zero attached hydrogens (tertiary/aromatic N) is 2. The molecule has 10 aromatic rings. The number of rotatable bonds is 8. The van der Waals surface area contributed by atoms with Crippen LogP contribution >= 0.6 is 0 Å². The van der Waals surface area contributed by atoms with Crippen molar-refractivity contribution in [3.05, 3.63) is 271 Å². The van der Waals surface area contributed by atoms with Gasteiger partial charge in [0.15, 0.2) is 0 Å². The summed E-state index contributed by atoms with van der Waals surface area (Å²) in [7, 11) is 0. The number of fused-ring (bicyclic) bond motifs is 6. The molecule has 0 bridgehead atoms. The quantitative estimate of drug-likeness (QED) is 0.139. The zero-order valence-corrected chi connectivity index (χ0v) is 39.4. The van der Waals surface area contributed by atoms with Gasteiger partial charge in [-0.05, 0) is 158 Å². The molecule has 3 nitrogen and oxygen atoms in total. The maximum atomic E-state index is 6.54. The fourth-order valence-electron chi connectivity index (χ4n) is 12.0. The van der Waals surface area contributed by atoms with Gasteiger partial charge in [-0.2, -0.15) is 0 Å². The Morgan fingerprint density at radius 1 is 0.493 bits per heavy atom. The van der Waals surface area contributed by atoms with E-state index in [1.165, 1.54) is 93.9 Å². The molecule has 0 fully saturated rings. The van der Waals surface area contributed by atoms with Crippen LogP contribution < -0.4 is 4.74 Å². The molecule has 3 aliphatic carbocycles. The predicted molar refractivity (Wildman–Crippen MR) is 296 cm³/mol. The van der Waals surface area contributed by atoms with Crippen LogP contribution in [-0.4, -0.2) is 9.13 Å². The molecule has 0 N–H and O–H groups in total. The lowest BCUT2D eigenvalue weighted by atomic mass is 9.79. The molecule has 3 heteroatoms. The molecule has 0 saturated carbocycles. The average Bonchev–Trinajstić information content (AvgIpc) is 4.19. The summed E-state index contributed by atoms with van der Waals surface area (Å²) < 4.78 is 11.6. The van der Waals surface area contributed by atoms with Crippen LogP contribution in [0.2, 0.25) is 0 Å². The highest BCUT2D eigenvalue weighted by molar-refractivity contribution is 6.22. The summed E-state index contributed by atoms with van der Waals surface area (Å²) in [5, 5.41) is 7.40. The molecule has 4 aliphatic rings. The van der Waals surface area contributed by atoms with Gasteiger partial charge in [0, 0.05) is 34.5 Å². The molecule has 14 rings (SSSR count). The molecule has 2 atom stereocenters. The fourth-order valence-corrected chi connectivity index (χ4v) is 12.0. The molecule has 8 aromatic carbocycles. The molecular weight excluding hydrogens is 861 g/mol. The third-order valence-corrected chi connectivity index (χ3v) is 15.3. The van der Waals surface area contributed by atoms with E-state index >= 15 is 0 Å². The van der Waals surface area contributed by atoms with E-state index in [9.17, 15) is 0 Å². The maximum Gasteiger partial charge on any atom is 0.130 e. The third kappa shape index (κ3) is 6.95. The average molecular weight is 911 g/mol. The lowest BCUT2D eigenvalue weighted by molar-refractivity contribution is 0.426. The zero-order chi connectivity index (χ0) is 46.8. The number of para-hydroxylation sites is 1. The molecule has 2 unspecified atom stereocenters. The topological polar surface area (TPSA) is 19.1 Å². The van der Waals surface area contributed by atoms with Crippen LogP contribution in [0.3, 0.4) is 0 Å². The van der Waals surface area contributed by atoms with Crippen molar-refractivity contribution in [2.24, 2.45) is 0 Å². The van der Waals surface area contributed by atoms with E-state index in [1.807, 2.05) is 0 Å². The van der Waals surface area contributed by atoms with Gasteiger partial charge in [-0.3, -0.25) is 0 Å². The Bertz CT molecular complexity index is 3900. The fraction of sp³-hybridized carbons (Fsp3) is 0.0882. The summed E-state index contributed by atoms with van der Waals surface area (Å²) in [6.45, 7) is 0. The van der Waals surface area contributed by atoms with E-state index < -0.39 is 0 Å². The summed E-state index contributed by atoms with van der Waals surface area (Å²) in [6, 6.07) is 69.8. The van der Waals surface area contributed by atoms with Crippen LogP contribution in [0.5, 0.6) is 5.75 Å². The first-order valence-electron chi connectivity index (χ1n) is 25.2. The second-order valence-electron chi connectivity index (χ2n) is 19.3. The largest absolute Gasteiger partial charge is 0.461 e. The number of allylic oxidation sites excluding steroid dienone is 12. The van der Waals surface area contributed by atoms with Crippen LogP contribution in [0, 0.1) is 0 Å². The molecule has 71 heavy (non-hydrogen) atoms. The van der Waals surface area contributed by atoms with Crippen molar-refractivity contribution >= 4 is 43.5 Å². The van der Waals surface area contributed by atoms with Crippen molar-refractivity contribution in [2.45, 2.75) is 37.5 Å². The van der Waals surface area contributed by atoms with Gasteiger partial charge >= 0.3 is 0 Å². The van der Waals surface area contributed by atoms with E-state index in [-0.39, 0.29) is 11.8 Å². The molecule has 2 aromatic heterocycles. The standard InChI is InChI=1S/C68H50N2O/c1-5-19-46(20-6-1)61-37-38-62(47-21-7-2-8-22-47)69(61)51-34-36-57-59(43-51)67(50-32-41-66-58(42-50)54-29-15-16-31-65(54)71-66)56-35-33-52(44-60(56)68(57)55-30-17-27-45-18-13-14-28-53(45)55)70-63(48-23-9-3-10-24-48)39-40-64(70)49-25-11-4-12-26-49/h1,3-7,9-19,21-41,43-44,46,58H,2,8,20,42H2. The number of benzene rings is 8. The van der Waals surface area contributed by atoms with E-state index in [0.717, 1.165) is 54.3 Å². The van der Waals surface area contributed by atoms with Crippen LogP contribution in [0.25, 0.3) is 88.5 Å². The van der Waals surface area contributed by atoms with Crippen molar-refractivity contribution in [3.8, 4) is 50.8 Å². The van der Waals surface area contributed by atoms with Gasteiger partial charge in [-0.25, -0.2) is 0 Å². The summed E-state index contributed by atoms with van der Waals surface area (Å²) >= 11 is 0. The van der Waals surface area contributed by atoms with Crippen LogP contribution in [0.15, 0.2) is 249 Å². The Morgan fingerprint density at radius 2 is 1.18 bits per heavy atom. The Morgan fingerprint density at radius 3 is 1.94 bits per heavy atom. The lowest BCUT2D eigenvalue weighted by Gasteiger charge is -2.25. The van der Waals surface area contributed by atoms with E-state index in [2.05, 4.69) is 252 Å². The molecule has 1 aliphatic heterocycles. The Labute approximate surface area is 414 Å². The second kappa shape index (κ2) is 17.1. The number of hydrogen-bond acceptors (Lipinski definition) is 1. The van der Waals surface area contributed by atoms with Gasteiger partial charge in [0.05, 0.1) is 17.1 Å². The zero-order valence-electron chi connectivity index (χ0n) is 39.4. The summed E-state index contributed by atoms with van der Waals surface area (Å²) in [5.41, 5.74) is 17.1. The van der Waals surface area contributed by atoms with Gasteiger partial charge < -0.3 is 13.9 Å². The van der Waals surface area contributed by atoms with E-state index in [0.29, 0.717) is 0 Å². The molecule has 0 spiro atoms. The minimum atomic E-state index is 0.136. The molecular formula is C68H50N2O. The van der Waals surface area contributed by atoms with Gasteiger partial charge in [-0.1, -0.05) is 182 Å². The van der Waals surface area contributed by atoms with Crippen molar-refractivity contribution in [1.29, 1.82) is 0 Å². The SMILES string of the molecule is C1=CCC(c2ccc(C3=CCCC=C3)n2-c2ccc3c(-c4cccc5ccccc45)c4cc(-n5c(-c6ccccc6)ccc5-c5ccccc5)ccc4c(C4=CC=C5Oc6ccccc6C5C4)c3c2)C=C1. The highest BCUT2D eigenvalue weighted by atomic mass is 16.5. The first-order valence-corrected chi connectivity index (χ1v) is 25.2. The second-order valence-corrected chi connectivity index (χ2v) is 19.3. The predicted octanol–water partition coefficient (Wildman–Crippen LogP) is 17.9. The van der Waals surface area contributed by atoms with Crippen LogP contribution in [0.1, 0.15) is 60.0 Å². The van der Waals surface area contributed by atoms with Crippen molar-refractivity contribution in [2.75, 3.05) is 0 Å². The normalized spacial score (nSPS) is 17.0. The number of aromatic nitrogens is 2. The molecule has 0 amide bonds. The summed E-state index contributed by atoms with van der Waals surface area (Å²) in [4.78, 5) is 0. The summed E-state index contributed by atoms with van der Waals surface area (Å²) in [6.07, 6.45) is 24.6. The van der Waals surface area contributed by atoms with E-state index in [4.69, 9.17) is 4.74 Å². The molecule has 338 valence electrons. The highest BCUT2D eigenvalue weighted by Gasteiger charge is 2.34. The van der Waals surface area contributed by atoms with Gasteiger partial charge in [0.1, 0.15) is 11.5 Å². The van der Waals surface area contributed by atoms with Crippen LogP contribution in [0.4, 0.5) is 0 Å². The smallest absolute Gasteiger partial charge is 0.130 e. The van der Waals surface area contributed by atoms with Crippen molar-refractivity contribution < 1.29 is 4.74 Å². The monoisotopic (exact) mass is 910 g/mol. The molecule has 3 heterocycles.